The van der Waals surface area contributed by atoms with Crippen molar-refractivity contribution < 1.29 is 9.53 Å². The Balaban J connectivity index is 1.81. The van der Waals surface area contributed by atoms with Crippen LogP contribution in [-0.2, 0) is 11.3 Å². The maximum absolute atomic E-state index is 12.0. The van der Waals surface area contributed by atoms with E-state index >= 15 is 0 Å². The molecule has 1 aromatic rings. The molecule has 0 bridgehead atoms. The molecule has 0 aromatic carbocycles. The van der Waals surface area contributed by atoms with Gasteiger partial charge in [0.1, 0.15) is 5.60 Å². The molecule has 0 aliphatic carbocycles. The number of piperazine rings is 1. The highest BCUT2D eigenvalue weighted by molar-refractivity contribution is 9.10. The van der Waals surface area contributed by atoms with Gasteiger partial charge in [-0.15, -0.1) is 11.3 Å². The Morgan fingerprint density at radius 2 is 2.00 bits per heavy atom. The molecule has 1 aliphatic heterocycles. The van der Waals surface area contributed by atoms with E-state index in [1.54, 1.807) is 16.2 Å². The Kier molecular flexibility index (Phi) is 5.09. The van der Waals surface area contributed by atoms with Crippen LogP contribution < -0.4 is 0 Å². The molecule has 4 nitrogen and oxygen atoms in total. The van der Waals surface area contributed by atoms with Gasteiger partial charge in [0, 0.05) is 42.1 Å². The lowest BCUT2D eigenvalue weighted by Gasteiger charge is -2.35. The van der Waals surface area contributed by atoms with Crippen molar-refractivity contribution in [2.24, 2.45) is 0 Å². The smallest absolute Gasteiger partial charge is 0.410 e. The lowest BCUT2D eigenvalue weighted by atomic mass is 10.2. The van der Waals surface area contributed by atoms with Crippen LogP contribution in [0.4, 0.5) is 4.79 Å². The van der Waals surface area contributed by atoms with E-state index in [9.17, 15) is 4.79 Å². The number of nitrogens with zero attached hydrogens (tertiary/aromatic N) is 2. The maximum Gasteiger partial charge on any atom is 0.410 e. The van der Waals surface area contributed by atoms with E-state index < -0.39 is 5.60 Å². The van der Waals surface area contributed by atoms with Crippen molar-refractivity contribution >= 4 is 33.4 Å². The summed E-state index contributed by atoms with van der Waals surface area (Å²) in [6.07, 6.45) is -0.200. The van der Waals surface area contributed by atoms with Gasteiger partial charge < -0.3 is 9.64 Å². The molecular weight excluding hydrogens is 340 g/mol. The van der Waals surface area contributed by atoms with E-state index in [1.807, 2.05) is 20.8 Å². The number of amides is 1. The molecular formula is C14H21BrN2O2S. The number of carbonyl (C=O) groups excluding carboxylic acids is 1. The van der Waals surface area contributed by atoms with Crippen molar-refractivity contribution in [3.63, 3.8) is 0 Å². The monoisotopic (exact) mass is 360 g/mol. The molecule has 2 heterocycles. The van der Waals surface area contributed by atoms with Gasteiger partial charge in [0.2, 0.25) is 0 Å². The Morgan fingerprint density at radius 3 is 2.50 bits per heavy atom. The minimum absolute atomic E-state index is 0.200. The third kappa shape index (κ3) is 4.46. The van der Waals surface area contributed by atoms with Gasteiger partial charge in [0.15, 0.2) is 0 Å². The van der Waals surface area contributed by atoms with Crippen molar-refractivity contribution in [1.82, 2.24) is 9.80 Å². The number of ether oxygens (including phenoxy) is 1. The highest BCUT2D eigenvalue weighted by atomic mass is 79.9. The molecule has 6 heteroatoms. The number of rotatable bonds is 2. The lowest BCUT2D eigenvalue weighted by Crippen LogP contribution is -2.49. The molecule has 1 aliphatic rings. The normalized spacial score (nSPS) is 17.3. The number of hydrogen-bond donors (Lipinski definition) is 0. The zero-order valence-corrected chi connectivity index (χ0v) is 14.6. The van der Waals surface area contributed by atoms with Gasteiger partial charge in [-0.25, -0.2) is 4.79 Å². The highest BCUT2D eigenvalue weighted by Crippen LogP contribution is 2.24. The van der Waals surface area contributed by atoms with Crippen molar-refractivity contribution in [3.05, 3.63) is 20.8 Å². The summed E-state index contributed by atoms with van der Waals surface area (Å²) in [4.78, 5) is 17.5. The molecule has 112 valence electrons. The van der Waals surface area contributed by atoms with E-state index in [-0.39, 0.29) is 6.09 Å². The zero-order chi connectivity index (χ0) is 14.8. The van der Waals surface area contributed by atoms with E-state index in [2.05, 4.69) is 32.3 Å². The summed E-state index contributed by atoms with van der Waals surface area (Å²) in [7, 11) is 0. The van der Waals surface area contributed by atoms with E-state index in [1.165, 1.54) is 9.35 Å². The molecule has 0 N–H and O–H groups in total. The van der Waals surface area contributed by atoms with Crippen LogP contribution >= 0.6 is 27.3 Å². The molecule has 1 fully saturated rings. The number of halogens is 1. The Hall–Kier alpha value is -0.590. The summed E-state index contributed by atoms with van der Waals surface area (Å²) in [6.45, 7) is 9.89. The molecule has 0 radical (unpaired) electrons. The molecule has 1 aromatic heterocycles. The molecule has 0 saturated carbocycles. The summed E-state index contributed by atoms with van der Waals surface area (Å²) in [5.41, 5.74) is -0.421. The Bertz CT molecular complexity index is 462. The van der Waals surface area contributed by atoms with E-state index in [0.717, 1.165) is 32.7 Å². The quantitative estimate of drug-likeness (QED) is 0.808. The maximum atomic E-state index is 12.0. The van der Waals surface area contributed by atoms with Gasteiger partial charge in [-0.3, -0.25) is 4.90 Å². The number of hydrogen-bond acceptors (Lipinski definition) is 4. The van der Waals surface area contributed by atoms with E-state index in [4.69, 9.17) is 4.74 Å². The standard InChI is InChI=1S/C14H21BrN2O2S/c1-14(2,3)19-13(18)17-7-5-16(6-8-17)10-12-11(15)4-9-20-12/h4,9H,5-8,10H2,1-3H3. The van der Waals surface area contributed by atoms with Gasteiger partial charge in [-0.05, 0) is 48.1 Å². The first kappa shape index (κ1) is 15.8. The predicted octanol–water partition coefficient (Wildman–Crippen LogP) is 3.56. The Labute approximate surface area is 132 Å². The molecule has 0 atom stereocenters. The van der Waals surface area contributed by atoms with Crippen LogP contribution in [0.1, 0.15) is 25.6 Å². The van der Waals surface area contributed by atoms with Gasteiger partial charge in [0.05, 0.1) is 0 Å². The largest absolute Gasteiger partial charge is 0.444 e. The van der Waals surface area contributed by atoms with Crippen molar-refractivity contribution in [1.29, 1.82) is 0 Å². The van der Waals surface area contributed by atoms with Gasteiger partial charge in [-0.2, -0.15) is 0 Å². The second-order valence-electron chi connectivity index (χ2n) is 5.94. The minimum atomic E-state index is -0.421. The first-order valence-corrected chi connectivity index (χ1v) is 8.44. The number of thiophene rings is 1. The van der Waals surface area contributed by atoms with Gasteiger partial charge >= 0.3 is 6.09 Å². The fourth-order valence-electron chi connectivity index (χ4n) is 2.06. The van der Waals surface area contributed by atoms with Crippen molar-refractivity contribution in [2.45, 2.75) is 32.9 Å². The Morgan fingerprint density at radius 1 is 1.35 bits per heavy atom. The highest BCUT2D eigenvalue weighted by Gasteiger charge is 2.26. The summed E-state index contributed by atoms with van der Waals surface area (Å²) in [5, 5.41) is 2.09. The minimum Gasteiger partial charge on any atom is -0.444 e. The average Bonchev–Trinajstić information content (AvgIpc) is 2.74. The second kappa shape index (κ2) is 6.45. The van der Waals surface area contributed by atoms with Crippen molar-refractivity contribution in [3.8, 4) is 0 Å². The predicted molar refractivity (Wildman–Crippen MR) is 85.1 cm³/mol. The van der Waals surface area contributed by atoms with Gasteiger partial charge in [-0.1, -0.05) is 0 Å². The van der Waals surface area contributed by atoms with Crippen LogP contribution in [0, 0.1) is 0 Å². The van der Waals surface area contributed by atoms with Crippen LogP contribution in [0.5, 0.6) is 0 Å². The second-order valence-corrected chi connectivity index (χ2v) is 7.79. The number of carbonyl (C=O) groups is 1. The lowest BCUT2D eigenvalue weighted by molar-refractivity contribution is 0.0139. The SMILES string of the molecule is CC(C)(C)OC(=O)N1CCN(Cc2sccc2Br)CC1. The van der Waals surface area contributed by atoms with Gasteiger partial charge in [0.25, 0.3) is 0 Å². The summed E-state index contributed by atoms with van der Waals surface area (Å²) >= 11 is 5.32. The summed E-state index contributed by atoms with van der Waals surface area (Å²) in [5.74, 6) is 0. The van der Waals surface area contributed by atoms with Crippen LogP contribution in [-0.4, -0.2) is 47.7 Å². The van der Waals surface area contributed by atoms with E-state index in [0.29, 0.717) is 0 Å². The molecule has 0 unspecified atom stereocenters. The van der Waals surface area contributed by atoms with Crippen LogP contribution in [0.25, 0.3) is 0 Å². The third-order valence-electron chi connectivity index (χ3n) is 3.08. The molecule has 1 saturated heterocycles. The van der Waals surface area contributed by atoms with Crippen LogP contribution in [0.2, 0.25) is 0 Å². The van der Waals surface area contributed by atoms with Crippen molar-refractivity contribution in [2.75, 3.05) is 26.2 Å². The summed E-state index contributed by atoms with van der Waals surface area (Å²) in [6, 6.07) is 2.08. The first-order valence-electron chi connectivity index (χ1n) is 6.77. The third-order valence-corrected chi connectivity index (χ3v) is 4.99. The fraction of sp³-hybridized carbons (Fsp3) is 0.643. The van der Waals surface area contributed by atoms with Crippen LogP contribution in [0.3, 0.4) is 0 Å². The summed E-state index contributed by atoms with van der Waals surface area (Å²) < 4.78 is 6.58. The molecule has 1 amide bonds. The molecule has 2 rings (SSSR count). The topological polar surface area (TPSA) is 32.8 Å². The molecule has 0 spiro atoms. The fourth-order valence-corrected chi connectivity index (χ4v) is 3.58. The first-order chi connectivity index (χ1) is 9.35. The zero-order valence-electron chi connectivity index (χ0n) is 12.2. The molecule has 20 heavy (non-hydrogen) atoms. The average molecular weight is 361 g/mol. The van der Waals surface area contributed by atoms with Crippen LogP contribution in [0.15, 0.2) is 15.9 Å².